The molecule has 0 aromatic heterocycles. The number of hydrogen-bond acceptors (Lipinski definition) is 3. The number of hydrogen-bond donors (Lipinski definition) is 2. The Kier molecular flexibility index (Phi) is 7.54. The molecule has 0 aliphatic carbocycles. The Balaban J connectivity index is 2.51. The van der Waals surface area contributed by atoms with Crippen LogP contribution in [0.5, 0.6) is 5.75 Å². The van der Waals surface area contributed by atoms with Crippen LogP contribution in [0.3, 0.4) is 0 Å². The van der Waals surface area contributed by atoms with E-state index in [4.69, 9.17) is 16.3 Å². The molecule has 1 aromatic carbocycles. The fourth-order valence-corrected chi connectivity index (χ4v) is 2.22. The molecule has 5 heteroatoms. The molecule has 0 heterocycles. The minimum atomic E-state index is -0.0153. The van der Waals surface area contributed by atoms with Gasteiger partial charge in [0.05, 0.1) is 18.1 Å². The number of carbonyl (C=O) groups is 1. The second kappa shape index (κ2) is 8.90. The zero-order valence-corrected chi connectivity index (χ0v) is 14.0. The molecule has 0 saturated heterocycles. The zero-order valence-electron chi connectivity index (χ0n) is 13.2. The first-order valence-electron chi connectivity index (χ1n) is 7.39. The number of ether oxygens (including phenoxy) is 1. The molecule has 0 saturated carbocycles. The Morgan fingerprint density at radius 2 is 2.05 bits per heavy atom. The predicted molar refractivity (Wildman–Crippen MR) is 86.9 cm³/mol. The zero-order chi connectivity index (χ0) is 15.8. The van der Waals surface area contributed by atoms with E-state index in [1.165, 1.54) is 0 Å². The van der Waals surface area contributed by atoms with E-state index in [-0.39, 0.29) is 18.0 Å². The minimum Gasteiger partial charge on any atom is -0.491 e. The average Bonchev–Trinajstić information content (AvgIpc) is 2.40. The van der Waals surface area contributed by atoms with E-state index in [2.05, 4.69) is 24.5 Å². The predicted octanol–water partition coefficient (Wildman–Crippen LogP) is 3.30. The smallest absolute Gasteiger partial charge is 0.223 e. The molecule has 1 amide bonds. The molecule has 2 N–H and O–H groups in total. The number of amides is 1. The Morgan fingerprint density at radius 3 is 2.62 bits per heavy atom. The van der Waals surface area contributed by atoms with Crippen LogP contribution in [0.1, 0.15) is 45.7 Å². The van der Waals surface area contributed by atoms with Crippen molar-refractivity contribution in [1.82, 2.24) is 10.6 Å². The molecule has 4 nitrogen and oxygen atoms in total. The van der Waals surface area contributed by atoms with E-state index >= 15 is 0 Å². The normalized spacial score (nSPS) is 12.3. The van der Waals surface area contributed by atoms with Crippen molar-refractivity contribution in [2.75, 3.05) is 13.2 Å². The molecule has 0 aliphatic heterocycles. The van der Waals surface area contributed by atoms with Gasteiger partial charge in [-0.25, -0.2) is 0 Å². The number of carbonyl (C=O) groups excluding carboxylic acids is 1. The highest BCUT2D eigenvalue weighted by Crippen LogP contribution is 2.28. The van der Waals surface area contributed by atoms with Crippen LogP contribution in [0.25, 0.3) is 0 Å². The third-order valence-corrected chi connectivity index (χ3v) is 3.30. The molecule has 0 aliphatic rings. The van der Waals surface area contributed by atoms with Crippen LogP contribution in [0.15, 0.2) is 18.2 Å². The monoisotopic (exact) mass is 312 g/mol. The van der Waals surface area contributed by atoms with E-state index < -0.39 is 0 Å². The van der Waals surface area contributed by atoms with Crippen molar-refractivity contribution in [2.45, 2.75) is 46.2 Å². The lowest BCUT2D eigenvalue weighted by atomic mass is 10.1. The molecular formula is C16H25ClN2O2. The molecule has 0 radical (unpaired) electrons. The van der Waals surface area contributed by atoms with Gasteiger partial charge in [0.2, 0.25) is 5.91 Å². The summed E-state index contributed by atoms with van der Waals surface area (Å²) in [6.07, 6.45) is 0.323. The van der Waals surface area contributed by atoms with Gasteiger partial charge in [0.1, 0.15) is 5.75 Å². The number of rotatable bonds is 8. The molecule has 0 bridgehead atoms. The topological polar surface area (TPSA) is 50.4 Å². The fourth-order valence-electron chi connectivity index (χ4n) is 1.98. The average molecular weight is 313 g/mol. The van der Waals surface area contributed by atoms with Crippen LogP contribution in [0.2, 0.25) is 5.02 Å². The lowest BCUT2D eigenvalue weighted by Crippen LogP contribution is -2.31. The minimum absolute atomic E-state index is 0.0153. The fraction of sp³-hybridized carbons (Fsp3) is 0.562. The Morgan fingerprint density at radius 1 is 1.33 bits per heavy atom. The van der Waals surface area contributed by atoms with Gasteiger partial charge in [-0.15, -0.1) is 0 Å². The van der Waals surface area contributed by atoms with Gasteiger partial charge in [-0.3, -0.25) is 4.79 Å². The summed E-state index contributed by atoms with van der Waals surface area (Å²) in [6, 6.07) is 6.14. The summed E-state index contributed by atoms with van der Waals surface area (Å²) in [7, 11) is 0. The van der Waals surface area contributed by atoms with Crippen molar-refractivity contribution in [3.8, 4) is 5.75 Å². The molecule has 1 rings (SSSR count). The van der Waals surface area contributed by atoms with Gasteiger partial charge in [0.15, 0.2) is 0 Å². The maximum absolute atomic E-state index is 11.5. The van der Waals surface area contributed by atoms with Crippen molar-refractivity contribution in [3.05, 3.63) is 28.8 Å². The van der Waals surface area contributed by atoms with Crippen molar-refractivity contribution in [2.24, 2.45) is 0 Å². The summed E-state index contributed by atoms with van der Waals surface area (Å²) in [6.45, 7) is 9.24. The van der Waals surface area contributed by atoms with E-state index in [0.29, 0.717) is 23.8 Å². The third-order valence-electron chi connectivity index (χ3n) is 3.00. The van der Waals surface area contributed by atoms with Gasteiger partial charge in [-0.1, -0.05) is 24.6 Å². The van der Waals surface area contributed by atoms with Crippen LogP contribution in [-0.4, -0.2) is 25.1 Å². The van der Waals surface area contributed by atoms with Crippen LogP contribution >= 0.6 is 11.6 Å². The lowest BCUT2D eigenvalue weighted by Gasteiger charge is -2.15. The SMILES string of the molecule is CCNC(C)c1ccc(OCCC(=O)NC(C)C)c(Cl)c1. The van der Waals surface area contributed by atoms with Crippen molar-refractivity contribution < 1.29 is 9.53 Å². The van der Waals surface area contributed by atoms with E-state index in [9.17, 15) is 4.79 Å². The maximum atomic E-state index is 11.5. The van der Waals surface area contributed by atoms with E-state index in [1.54, 1.807) is 0 Å². The quantitative estimate of drug-likeness (QED) is 0.774. The highest BCUT2D eigenvalue weighted by Gasteiger charge is 2.09. The van der Waals surface area contributed by atoms with E-state index in [1.807, 2.05) is 32.0 Å². The number of benzene rings is 1. The van der Waals surface area contributed by atoms with Crippen LogP contribution in [0, 0.1) is 0 Å². The molecule has 1 unspecified atom stereocenters. The van der Waals surface area contributed by atoms with Crippen molar-refractivity contribution in [1.29, 1.82) is 0 Å². The highest BCUT2D eigenvalue weighted by molar-refractivity contribution is 6.32. The first kappa shape index (κ1) is 17.8. The van der Waals surface area contributed by atoms with Crippen LogP contribution < -0.4 is 15.4 Å². The number of halogens is 1. The Hall–Kier alpha value is -1.26. The first-order chi connectivity index (χ1) is 9.93. The molecular weight excluding hydrogens is 288 g/mol. The summed E-state index contributed by atoms with van der Waals surface area (Å²) in [5, 5.41) is 6.72. The Bertz CT molecular complexity index is 464. The Labute approximate surface area is 132 Å². The second-order valence-electron chi connectivity index (χ2n) is 5.29. The third kappa shape index (κ3) is 6.36. The molecule has 1 atom stereocenters. The van der Waals surface area contributed by atoms with E-state index in [0.717, 1.165) is 12.1 Å². The molecule has 118 valence electrons. The molecule has 1 aromatic rings. The summed E-state index contributed by atoms with van der Waals surface area (Å²) in [5.41, 5.74) is 1.12. The standard InChI is InChI=1S/C16H25ClN2O2/c1-5-18-12(4)13-6-7-15(14(17)10-13)21-9-8-16(20)19-11(2)3/h6-7,10-12,18H,5,8-9H2,1-4H3,(H,19,20). The molecule has 21 heavy (non-hydrogen) atoms. The van der Waals surface area contributed by atoms with Crippen molar-refractivity contribution >= 4 is 17.5 Å². The number of nitrogens with one attached hydrogen (secondary N) is 2. The summed E-state index contributed by atoms with van der Waals surface area (Å²) < 4.78 is 5.57. The van der Waals surface area contributed by atoms with Gasteiger partial charge in [0.25, 0.3) is 0 Å². The largest absolute Gasteiger partial charge is 0.491 e. The lowest BCUT2D eigenvalue weighted by molar-refractivity contribution is -0.122. The van der Waals surface area contributed by atoms with Gasteiger partial charge in [0, 0.05) is 12.1 Å². The van der Waals surface area contributed by atoms with Gasteiger partial charge >= 0.3 is 0 Å². The summed E-state index contributed by atoms with van der Waals surface area (Å²) in [5.74, 6) is 0.597. The second-order valence-corrected chi connectivity index (χ2v) is 5.70. The first-order valence-corrected chi connectivity index (χ1v) is 7.76. The highest BCUT2D eigenvalue weighted by atomic mass is 35.5. The van der Waals surface area contributed by atoms with Crippen LogP contribution in [0.4, 0.5) is 0 Å². The maximum Gasteiger partial charge on any atom is 0.223 e. The molecule has 0 spiro atoms. The van der Waals surface area contributed by atoms with Crippen molar-refractivity contribution in [3.63, 3.8) is 0 Å². The summed E-state index contributed by atoms with van der Waals surface area (Å²) in [4.78, 5) is 11.5. The van der Waals surface area contributed by atoms with Gasteiger partial charge in [-0.2, -0.15) is 0 Å². The van der Waals surface area contributed by atoms with Crippen LogP contribution in [-0.2, 0) is 4.79 Å². The van der Waals surface area contributed by atoms with Gasteiger partial charge in [-0.05, 0) is 45.0 Å². The van der Waals surface area contributed by atoms with Gasteiger partial charge < -0.3 is 15.4 Å². The molecule has 0 fully saturated rings. The summed E-state index contributed by atoms with van der Waals surface area (Å²) >= 11 is 6.22.